The summed E-state index contributed by atoms with van der Waals surface area (Å²) >= 11 is 5.35. The van der Waals surface area contributed by atoms with Gasteiger partial charge >= 0.3 is 0 Å². The van der Waals surface area contributed by atoms with Crippen LogP contribution in [0.5, 0.6) is 0 Å². The van der Waals surface area contributed by atoms with E-state index in [-0.39, 0.29) is 0 Å². The van der Waals surface area contributed by atoms with E-state index in [0.717, 1.165) is 10.2 Å². The highest BCUT2D eigenvalue weighted by atomic mass is 79.9. The van der Waals surface area contributed by atoms with Crippen molar-refractivity contribution in [2.24, 2.45) is 0 Å². The summed E-state index contributed by atoms with van der Waals surface area (Å²) in [6, 6.07) is 17.0. The zero-order valence-electron chi connectivity index (χ0n) is 9.11. The number of hydrogen-bond donors (Lipinski definition) is 0. The summed E-state index contributed by atoms with van der Waals surface area (Å²) in [5, 5.41) is 0. The molecule has 16 heavy (non-hydrogen) atoms. The van der Waals surface area contributed by atoms with Crippen LogP contribution in [0, 0.1) is 0 Å². The van der Waals surface area contributed by atoms with Gasteiger partial charge in [0.1, 0.15) is 0 Å². The maximum Gasteiger partial charge on any atom is 0.0175 e. The summed E-state index contributed by atoms with van der Waals surface area (Å²) in [6.07, 6.45) is 0. The highest BCUT2D eigenvalue weighted by molar-refractivity contribution is 9.10. The van der Waals surface area contributed by atoms with Crippen molar-refractivity contribution in [2.45, 2.75) is 11.8 Å². The number of halogens is 1. The fraction of sp³-hybridized carbons (Fsp3) is 0.143. The lowest BCUT2D eigenvalue weighted by Gasteiger charge is -2.08. The summed E-state index contributed by atoms with van der Waals surface area (Å²) in [7, 11) is 0. The van der Waals surface area contributed by atoms with Crippen molar-refractivity contribution < 1.29 is 0 Å². The Morgan fingerprint density at radius 3 is 2.38 bits per heavy atom. The lowest BCUT2D eigenvalue weighted by Crippen LogP contribution is -1.82. The Kier molecular flexibility index (Phi) is 4.08. The molecule has 0 aromatic heterocycles. The quantitative estimate of drug-likeness (QED) is 0.698. The van der Waals surface area contributed by atoms with Crippen molar-refractivity contribution in [2.75, 3.05) is 5.75 Å². The Morgan fingerprint density at radius 2 is 1.69 bits per heavy atom. The molecule has 0 radical (unpaired) electrons. The van der Waals surface area contributed by atoms with Crippen molar-refractivity contribution in [1.29, 1.82) is 0 Å². The first-order valence-corrected chi connectivity index (χ1v) is 7.07. The number of thioether (sulfide) groups is 1. The molecule has 0 nitrogen and oxygen atoms in total. The molecular weight excluding hydrogens is 280 g/mol. The van der Waals surface area contributed by atoms with E-state index in [1.54, 1.807) is 0 Å². The summed E-state index contributed by atoms with van der Waals surface area (Å²) in [5.74, 6) is 1.10. The molecule has 0 unspecified atom stereocenters. The minimum absolute atomic E-state index is 1.10. The van der Waals surface area contributed by atoms with Crippen molar-refractivity contribution in [3.8, 4) is 11.1 Å². The van der Waals surface area contributed by atoms with Gasteiger partial charge in [0.05, 0.1) is 0 Å². The van der Waals surface area contributed by atoms with Gasteiger partial charge in [0.2, 0.25) is 0 Å². The van der Waals surface area contributed by atoms with Gasteiger partial charge in [0.25, 0.3) is 0 Å². The molecule has 2 aromatic rings. The van der Waals surface area contributed by atoms with Crippen LogP contribution in [0.15, 0.2) is 57.9 Å². The van der Waals surface area contributed by atoms with Crippen LogP contribution in [0.3, 0.4) is 0 Å². The van der Waals surface area contributed by atoms with Crippen LogP contribution in [0.1, 0.15) is 6.92 Å². The number of benzene rings is 2. The van der Waals surface area contributed by atoms with E-state index in [2.05, 4.69) is 71.4 Å². The Morgan fingerprint density at radius 1 is 1.00 bits per heavy atom. The number of rotatable bonds is 3. The van der Waals surface area contributed by atoms with Crippen LogP contribution >= 0.6 is 27.7 Å². The van der Waals surface area contributed by atoms with E-state index >= 15 is 0 Å². The molecule has 0 aliphatic rings. The molecule has 0 amide bonds. The molecule has 2 aromatic carbocycles. The van der Waals surface area contributed by atoms with Crippen LogP contribution in [-0.4, -0.2) is 5.75 Å². The van der Waals surface area contributed by atoms with Crippen molar-refractivity contribution in [3.63, 3.8) is 0 Å². The lowest BCUT2D eigenvalue weighted by molar-refractivity contribution is 1.42. The molecule has 0 atom stereocenters. The zero-order valence-corrected chi connectivity index (χ0v) is 11.5. The first kappa shape index (κ1) is 11.7. The maximum absolute atomic E-state index is 3.46. The van der Waals surface area contributed by atoms with E-state index < -0.39 is 0 Å². The van der Waals surface area contributed by atoms with E-state index in [1.807, 2.05) is 11.8 Å². The van der Waals surface area contributed by atoms with E-state index in [1.165, 1.54) is 16.0 Å². The Hall–Kier alpha value is -0.730. The second kappa shape index (κ2) is 5.55. The van der Waals surface area contributed by atoms with E-state index in [9.17, 15) is 0 Å². The van der Waals surface area contributed by atoms with Crippen LogP contribution in [0.25, 0.3) is 11.1 Å². The molecule has 0 spiro atoms. The fourth-order valence-corrected chi connectivity index (χ4v) is 2.71. The van der Waals surface area contributed by atoms with E-state index in [0.29, 0.717) is 0 Å². The topological polar surface area (TPSA) is 0 Å². The summed E-state index contributed by atoms with van der Waals surface area (Å²) in [6.45, 7) is 2.18. The van der Waals surface area contributed by atoms with Gasteiger partial charge in [-0.25, -0.2) is 0 Å². The molecule has 0 heterocycles. The molecule has 0 saturated heterocycles. The minimum Gasteiger partial charge on any atom is -0.126 e. The summed E-state index contributed by atoms with van der Waals surface area (Å²) in [5.41, 5.74) is 2.60. The first-order valence-electron chi connectivity index (χ1n) is 5.29. The molecule has 0 aliphatic heterocycles. The van der Waals surface area contributed by atoms with Crippen molar-refractivity contribution in [1.82, 2.24) is 0 Å². The standard InChI is InChI=1S/C14H13BrS/c1-2-16-14-6-4-3-5-13(14)11-7-9-12(15)10-8-11/h3-10H,2H2,1H3. The van der Waals surface area contributed by atoms with Gasteiger partial charge in [-0.3, -0.25) is 0 Å². The highest BCUT2D eigenvalue weighted by Gasteiger charge is 2.03. The highest BCUT2D eigenvalue weighted by Crippen LogP contribution is 2.31. The predicted molar refractivity (Wildman–Crippen MR) is 76.0 cm³/mol. The molecule has 2 rings (SSSR count). The van der Waals surface area contributed by atoms with Crippen LogP contribution < -0.4 is 0 Å². The maximum atomic E-state index is 3.46. The molecule has 0 bridgehead atoms. The van der Waals surface area contributed by atoms with Crippen molar-refractivity contribution in [3.05, 3.63) is 53.0 Å². The third kappa shape index (κ3) is 2.69. The fourth-order valence-electron chi connectivity index (χ4n) is 1.62. The Balaban J connectivity index is 2.42. The third-order valence-corrected chi connectivity index (χ3v) is 3.83. The van der Waals surface area contributed by atoms with Crippen molar-refractivity contribution >= 4 is 27.7 Å². The second-order valence-corrected chi connectivity index (χ2v) is 5.66. The molecule has 82 valence electrons. The monoisotopic (exact) mass is 292 g/mol. The second-order valence-electron chi connectivity index (χ2n) is 3.44. The van der Waals surface area contributed by atoms with Gasteiger partial charge in [-0.05, 0) is 35.1 Å². The van der Waals surface area contributed by atoms with Gasteiger partial charge in [-0.2, -0.15) is 0 Å². The average Bonchev–Trinajstić information content (AvgIpc) is 2.32. The molecule has 0 fully saturated rings. The van der Waals surface area contributed by atoms with Crippen LogP contribution in [0.4, 0.5) is 0 Å². The molecule has 0 N–H and O–H groups in total. The van der Waals surface area contributed by atoms with Gasteiger partial charge in [0, 0.05) is 9.37 Å². The summed E-state index contributed by atoms with van der Waals surface area (Å²) in [4.78, 5) is 1.35. The average molecular weight is 293 g/mol. The molecule has 0 aliphatic carbocycles. The van der Waals surface area contributed by atoms with Gasteiger partial charge in [-0.15, -0.1) is 11.8 Å². The molecular formula is C14H13BrS. The van der Waals surface area contributed by atoms with Crippen LogP contribution in [0.2, 0.25) is 0 Å². The molecule has 0 saturated carbocycles. The largest absolute Gasteiger partial charge is 0.126 e. The first-order chi connectivity index (χ1) is 7.81. The lowest BCUT2D eigenvalue weighted by atomic mass is 10.1. The van der Waals surface area contributed by atoms with Gasteiger partial charge in [-0.1, -0.05) is 53.2 Å². The van der Waals surface area contributed by atoms with Gasteiger partial charge < -0.3 is 0 Å². The Bertz CT molecular complexity index is 462. The number of hydrogen-bond acceptors (Lipinski definition) is 1. The normalized spacial score (nSPS) is 10.4. The zero-order chi connectivity index (χ0) is 11.4. The smallest absolute Gasteiger partial charge is 0.0175 e. The van der Waals surface area contributed by atoms with E-state index in [4.69, 9.17) is 0 Å². The summed E-state index contributed by atoms with van der Waals surface area (Å²) < 4.78 is 1.12. The predicted octanol–water partition coefficient (Wildman–Crippen LogP) is 5.23. The Labute approximate surface area is 109 Å². The molecule has 2 heteroatoms. The van der Waals surface area contributed by atoms with Gasteiger partial charge in [0.15, 0.2) is 0 Å². The third-order valence-electron chi connectivity index (χ3n) is 2.34. The van der Waals surface area contributed by atoms with Crippen LogP contribution in [-0.2, 0) is 0 Å². The minimum atomic E-state index is 1.10. The SMILES string of the molecule is CCSc1ccccc1-c1ccc(Br)cc1.